The number of benzene rings is 3. The molecule has 0 saturated carbocycles. The van der Waals surface area contributed by atoms with Crippen molar-refractivity contribution in [2.24, 2.45) is 0 Å². The van der Waals surface area contributed by atoms with Gasteiger partial charge in [0.25, 0.3) is 5.91 Å². The van der Waals surface area contributed by atoms with Crippen LogP contribution >= 0.6 is 11.6 Å². The van der Waals surface area contributed by atoms with Gasteiger partial charge in [0, 0.05) is 24.5 Å². The molecule has 172 valence electrons. The third-order valence-corrected chi connectivity index (χ3v) is 5.58. The van der Waals surface area contributed by atoms with Crippen molar-refractivity contribution in [1.29, 1.82) is 0 Å². The molecule has 3 aromatic rings. The van der Waals surface area contributed by atoms with Crippen LogP contribution in [0.1, 0.15) is 23.6 Å². The zero-order chi connectivity index (χ0) is 23.6. The second-order valence-corrected chi connectivity index (χ2v) is 8.24. The number of ether oxygens (including phenoxy) is 1. The van der Waals surface area contributed by atoms with Crippen molar-refractivity contribution in [1.82, 2.24) is 10.2 Å². The fraction of sp³-hybridized carbons (Fsp3) is 0.259. The van der Waals surface area contributed by atoms with E-state index in [2.05, 4.69) is 5.32 Å². The number of rotatable bonds is 10. The Morgan fingerprint density at radius 1 is 0.939 bits per heavy atom. The molecule has 0 radical (unpaired) electrons. The Labute approximate surface area is 200 Å². The molecule has 3 rings (SSSR count). The van der Waals surface area contributed by atoms with E-state index in [-0.39, 0.29) is 25.0 Å². The van der Waals surface area contributed by atoms with Crippen molar-refractivity contribution in [3.8, 4) is 5.75 Å². The predicted octanol–water partition coefficient (Wildman–Crippen LogP) is 4.80. The molecule has 0 saturated heterocycles. The second-order valence-electron chi connectivity index (χ2n) is 7.80. The van der Waals surface area contributed by atoms with Crippen LogP contribution in [0.15, 0.2) is 78.9 Å². The van der Waals surface area contributed by atoms with Gasteiger partial charge >= 0.3 is 0 Å². The van der Waals surface area contributed by atoms with E-state index >= 15 is 0 Å². The average Bonchev–Trinajstić information content (AvgIpc) is 2.82. The molecular weight excluding hydrogens is 436 g/mol. The molecule has 2 amide bonds. The van der Waals surface area contributed by atoms with Crippen LogP contribution in [0, 0.1) is 6.92 Å². The second kappa shape index (κ2) is 12.1. The number of carbonyl (C=O) groups is 2. The highest BCUT2D eigenvalue weighted by Crippen LogP contribution is 2.19. The summed E-state index contributed by atoms with van der Waals surface area (Å²) in [4.78, 5) is 28.1. The highest BCUT2D eigenvalue weighted by atomic mass is 35.5. The minimum atomic E-state index is -0.684. The highest BCUT2D eigenvalue weighted by Gasteiger charge is 2.30. The number of halogens is 1. The van der Waals surface area contributed by atoms with E-state index in [9.17, 15) is 9.59 Å². The Morgan fingerprint density at radius 3 is 2.27 bits per heavy atom. The van der Waals surface area contributed by atoms with Gasteiger partial charge in [0.15, 0.2) is 6.61 Å². The van der Waals surface area contributed by atoms with Crippen LogP contribution in [0.4, 0.5) is 0 Å². The normalized spacial score (nSPS) is 11.5. The van der Waals surface area contributed by atoms with Crippen LogP contribution in [0.2, 0.25) is 5.02 Å². The maximum absolute atomic E-state index is 13.4. The molecule has 0 heterocycles. The summed E-state index contributed by atoms with van der Waals surface area (Å²) in [5.41, 5.74) is 2.80. The van der Waals surface area contributed by atoms with Crippen molar-refractivity contribution in [2.45, 2.75) is 32.9 Å². The van der Waals surface area contributed by atoms with Gasteiger partial charge in [-0.3, -0.25) is 9.59 Å². The first kappa shape index (κ1) is 24.3. The largest absolute Gasteiger partial charge is 0.484 e. The summed E-state index contributed by atoms with van der Waals surface area (Å²) in [7, 11) is 0. The topological polar surface area (TPSA) is 58.6 Å². The summed E-state index contributed by atoms with van der Waals surface area (Å²) < 4.78 is 5.83. The zero-order valence-corrected chi connectivity index (χ0v) is 19.7. The predicted molar refractivity (Wildman–Crippen MR) is 131 cm³/mol. The Bertz CT molecular complexity index is 1050. The molecule has 0 aliphatic heterocycles. The van der Waals surface area contributed by atoms with Crippen LogP contribution in [-0.2, 0) is 22.6 Å². The quantitative estimate of drug-likeness (QED) is 0.468. The third kappa shape index (κ3) is 7.09. The highest BCUT2D eigenvalue weighted by molar-refractivity contribution is 6.30. The van der Waals surface area contributed by atoms with Gasteiger partial charge in [-0.2, -0.15) is 0 Å². The van der Waals surface area contributed by atoms with Crippen LogP contribution < -0.4 is 10.1 Å². The van der Waals surface area contributed by atoms with Crippen LogP contribution in [0.5, 0.6) is 5.75 Å². The van der Waals surface area contributed by atoms with Crippen molar-refractivity contribution >= 4 is 23.4 Å². The third-order valence-electron chi connectivity index (χ3n) is 5.33. The molecular formula is C27H29ClN2O3. The monoisotopic (exact) mass is 464 g/mol. The lowest BCUT2D eigenvalue weighted by atomic mass is 10.0. The smallest absolute Gasteiger partial charge is 0.261 e. The number of likely N-dealkylation sites (N-methyl/N-ethyl adjacent to an activating group) is 1. The standard InChI is InChI=1S/C27H29ClN2O3/c1-3-29-27(32)24(17-21-10-5-4-6-11-21)30(18-22-13-15-23(28)16-14-22)26(31)19-33-25-12-8-7-9-20(25)2/h4-16,24H,3,17-19H2,1-2H3,(H,29,32). The first-order valence-electron chi connectivity index (χ1n) is 11.0. The van der Waals surface area contributed by atoms with Gasteiger partial charge in [-0.15, -0.1) is 0 Å². The Kier molecular flexibility index (Phi) is 8.90. The number of hydrogen-bond donors (Lipinski definition) is 1. The van der Waals surface area contributed by atoms with Gasteiger partial charge < -0.3 is 15.0 Å². The molecule has 0 bridgehead atoms. The lowest BCUT2D eigenvalue weighted by molar-refractivity contribution is -0.142. The SMILES string of the molecule is CCNC(=O)C(Cc1ccccc1)N(Cc1ccc(Cl)cc1)C(=O)COc1ccccc1C. The molecule has 0 aromatic heterocycles. The minimum absolute atomic E-state index is 0.164. The van der Waals surface area contributed by atoms with E-state index in [0.29, 0.717) is 23.7 Å². The summed E-state index contributed by atoms with van der Waals surface area (Å²) >= 11 is 6.04. The Hall–Kier alpha value is -3.31. The number of nitrogens with one attached hydrogen (secondary N) is 1. The summed E-state index contributed by atoms with van der Waals surface area (Å²) in [6, 6.07) is 23.8. The van der Waals surface area contributed by atoms with Gasteiger partial charge in [0.05, 0.1) is 0 Å². The summed E-state index contributed by atoms with van der Waals surface area (Å²) in [6.45, 7) is 4.38. The van der Waals surface area contributed by atoms with E-state index in [0.717, 1.165) is 16.7 Å². The molecule has 6 heteroatoms. The summed E-state index contributed by atoms with van der Waals surface area (Å²) in [6.07, 6.45) is 0.399. The van der Waals surface area contributed by atoms with Gasteiger partial charge in [-0.05, 0) is 48.7 Å². The number of amides is 2. The number of nitrogens with zero attached hydrogens (tertiary/aromatic N) is 1. The minimum Gasteiger partial charge on any atom is -0.484 e. The Balaban J connectivity index is 1.89. The van der Waals surface area contributed by atoms with E-state index in [4.69, 9.17) is 16.3 Å². The molecule has 0 spiro atoms. The number of hydrogen-bond acceptors (Lipinski definition) is 3. The van der Waals surface area contributed by atoms with Crippen molar-refractivity contribution in [3.63, 3.8) is 0 Å². The average molecular weight is 465 g/mol. The van der Waals surface area contributed by atoms with Crippen molar-refractivity contribution in [3.05, 3.63) is 101 Å². The van der Waals surface area contributed by atoms with Crippen molar-refractivity contribution < 1.29 is 14.3 Å². The summed E-state index contributed by atoms with van der Waals surface area (Å²) in [5.74, 6) is 0.190. The number of aryl methyl sites for hydroxylation is 1. The molecule has 1 atom stereocenters. The molecule has 0 aliphatic rings. The fourth-order valence-electron chi connectivity index (χ4n) is 3.57. The van der Waals surface area contributed by atoms with E-state index < -0.39 is 6.04 Å². The first-order valence-corrected chi connectivity index (χ1v) is 11.4. The number of carbonyl (C=O) groups excluding carboxylic acids is 2. The van der Waals surface area contributed by atoms with Crippen molar-refractivity contribution in [2.75, 3.05) is 13.2 Å². The van der Waals surface area contributed by atoms with E-state index in [1.807, 2.05) is 80.6 Å². The van der Waals surface area contributed by atoms with E-state index in [1.165, 1.54) is 0 Å². The Morgan fingerprint density at radius 2 is 1.61 bits per heavy atom. The lowest BCUT2D eigenvalue weighted by Gasteiger charge is -2.31. The molecule has 1 unspecified atom stereocenters. The maximum atomic E-state index is 13.4. The molecule has 0 aliphatic carbocycles. The van der Waals surface area contributed by atoms with Gasteiger partial charge in [0.2, 0.25) is 5.91 Å². The van der Waals surface area contributed by atoms with Crippen LogP contribution in [-0.4, -0.2) is 35.9 Å². The van der Waals surface area contributed by atoms with Crippen LogP contribution in [0.25, 0.3) is 0 Å². The van der Waals surface area contributed by atoms with Gasteiger partial charge in [0.1, 0.15) is 11.8 Å². The number of para-hydroxylation sites is 1. The summed E-state index contributed by atoms with van der Waals surface area (Å²) in [5, 5.41) is 3.50. The first-order chi connectivity index (χ1) is 16.0. The van der Waals surface area contributed by atoms with Gasteiger partial charge in [-0.1, -0.05) is 72.3 Å². The van der Waals surface area contributed by atoms with E-state index in [1.54, 1.807) is 17.0 Å². The van der Waals surface area contributed by atoms with Crippen LogP contribution in [0.3, 0.4) is 0 Å². The lowest BCUT2D eigenvalue weighted by Crippen LogP contribution is -2.51. The maximum Gasteiger partial charge on any atom is 0.261 e. The fourth-order valence-corrected chi connectivity index (χ4v) is 3.70. The molecule has 5 nitrogen and oxygen atoms in total. The molecule has 33 heavy (non-hydrogen) atoms. The van der Waals surface area contributed by atoms with Gasteiger partial charge in [-0.25, -0.2) is 0 Å². The molecule has 0 fully saturated rings. The molecule has 3 aromatic carbocycles. The molecule has 1 N–H and O–H groups in total. The zero-order valence-electron chi connectivity index (χ0n) is 19.0.